The highest BCUT2D eigenvalue weighted by molar-refractivity contribution is 6.02. The summed E-state index contributed by atoms with van der Waals surface area (Å²) in [6.45, 7) is 5.20. The number of carbonyl (C=O) groups is 1. The van der Waals surface area contributed by atoms with E-state index in [0.29, 0.717) is 18.7 Å². The summed E-state index contributed by atoms with van der Waals surface area (Å²) in [5.74, 6) is 0.825. The minimum atomic E-state index is -0.716. The van der Waals surface area contributed by atoms with Crippen molar-refractivity contribution in [3.8, 4) is 5.75 Å². The average Bonchev–Trinajstić information content (AvgIpc) is 2.75. The molecule has 1 heterocycles. The van der Waals surface area contributed by atoms with E-state index in [1.54, 1.807) is 0 Å². The largest absolute Gasteiger partial charge is 0.493 e. The number of para-hydroxylation sites is 2. The number of carbonyl (C=O) groups excluding carboxylic acids is 1. The van der Waals surface area contributed by atoms with Gasteiger partial charge in [-0.3, -0.25) is 4.79 Å². The van der Waals surface area contributed by atoms with Crippen LogP contribution in [0.4, 0.5) is 5.69 Å². The summed E-state index contributed by atoms with van der Waals surface area (Å²) in [6.07, 6.45) is 0.781. The zero-order chi connectivity index (χ0) is 20.3. The Balaban J connectivity index is 1.77. The van der Waals surface area contributed by atoms with Gasteiger partial charge in [0.05, 0.1) is 12.2 Å². The third kappa shape index (κ3) is 3.58. The molecule has 0 aromatic heterocycles. The quantitative estimate of drug-likeness (QED) is 0.643. The molecular formula is C25H26N2O2. The lowest BCUT2D eigenvalue weighted by Crippen LogP contribution is -2.56. The Morgan fingerprint density at radius 2 is 1.62 bits per heavy atom. The van der Waals surface area contributed by atoms with Crippen molar-refractivity contribution in [3.05, 3.63) is 95.6 Å². The maximum atomic E-state index is 13.5. The molecule has 1 atom stereocenters. The van der Waals surface area contributed by atoms with Crippen molar-refractivity contribution in [2.24, 2.45) is 0 Å². The number of hydrogen-bond acceptors (Lipinski definition) is 3. The first kappa shape index (κ1) is 19.1. The molecule has 0 radical (unpaired) electrons. The fourth-order valence-electron chi connectivity index (χ4n) is 4.03. The lowest BCUT2D eigenvalue weighted by atomic mass is 9.92. The van der Waals surface area contributed by atoms with Crippen molar-refractivity contribution >= 4 is 11.6 Å². The maximum absolute atomic E-state index is 13.5. The molecule has 0 saturated carbocycles. The first-order valence-electron chi connectivity index (χ1n) is 10.1. The molecule has 1 N–H and O–H groups in total. The maximum Gasteiger partial charge on any atom is 0.258 e. The van der Waals surface area contributed by atoms with Crippen molar-refractivity contribution in [1.82, 2.24) is 4.90 Å². The average molecular weight is 386 g/mol. The molecule has 0 aliphatic carbocycles. The van der Waals surface area contributed by atoms with E-state index < -0.39 is 5.66 Å². The zero-order valence-electron chi connectivity index (χ0n) is 16.9. The molecule has 1 amide bonds. The molecule has 148 valence electrons. The van der Waals surface area contributed by atoms with Crippen LogP contribution in [0.5, 0.6) is 5.75 Å². The van der Waals surface area contributed by atoms with Crippen LogP contribution in [-0.2, 0) is 12.1 Å². The zero-order valence-corrected chi connectivity index (χ0v) is 16.9. The molecule has 0 spiro atoms. The number of fused-ring (bicyclic) bond motifs is 1. The van der Waals surface area contributed by atoms with Crippen molar-refractivity contribution in [3.63, 3.8) is 0 Å². The van der Waals surface area contributed by atoms with Crippen molar-refractivity contribution in [1.29, 1.82) is 0 Å². The molecular weight excluding hydrogens is 360 g/mol. The Labute approximate surface area is 172 Å². The molecule has 0 fully saturated rings. The van der Waals surface area contributed by atoms with E-state index in [1.807, 2.05) is 78.6 Å². The van der Waals surface area contributed by atoms with E-state index in [9.17, 15) is 4.79 Å². The van der Waals surface area contributed by atoms with Crippen LogP contribution in [-0.4, -0.2) is 24.0 Å². The summed E-state index contributed by atoms with van der Waals surface area (Å²) in [5, 5.41) is 3.63. The number of nitrogens with one attached hydrogen (secondary N) is 1. The molecule has 4 heteroatoms. The van der Waals surface area contributed by atoms with Gasteiger partial charge in [-0.25, -0.2) is 0 Å². The van der Waals surface area contributed by atoms with Crippen LogP contribution in [0.15, 0.2) is 78.9 Å². The molecule has 1 unspecified atom stereocenters. The van der Waals surface area contributed by atoms with Gasteiger partial charge in [-0.15, -0.1) is 0 Å². The molecule has 3 aromatic rings. The lowest BCUT2D eigenvalue weighted by molar-refractivity contribution is 0.0533. The Morgan fingerprint density at radius 1 is 0.931 bits per heavy atom. The summed E-state index contributed by atoms with van der Waals surface area (Å²) in [5.41, 5.74) is 3.00. The van der Waals surface area contributed by atoms with Crippen molar-refractivity contribution in [2.45, 2.75) is 25.9 Å². The highest BCUT2D eigenvalue weighted by Gasteiger charge is 2.43. The SMILES string of the molecule is CCOc1ccccc1C1(C)Nc2ccccc2C(=O)N1CCc1ccccc1. The normalized spacial score (nSPS) is 18.1. The molecule has 29 heavy (non-hydrogen) atoms. The monoisotopic (exact) mass is 386 g/mol. The number of hydrogen-bond donors (Lipinski definition) is 1. The number of amides is 1. The molecule has 4 nitrogen and oxygen atoms in total. The minimum Gasteiger partial charge on any atom is -0.493 e. The van der Waals surface area contributed by atoms with E-state index in [1.165, 1.54) is 5.56 Å². The van der Waals surface area contributed by atoms with Crippen LogP contribution >= 0.6 is 0 Å². The number of anilines is 1. The topological polar surface area (TPSA) is 41.6 Å². The first-order valence-corrected chi connectivity index (χ1v) is 10.1. The molecule has 1 aliphatic heterocycles. The number of benzene rings is 3. The summed E-state index contributed by atoms with van der Waals surface area (Å²) in [6, 6.07) is 25.9. The second-order valence-electron chi connectivity index (χ2n) is 7.36. The van der Waals surface area contributed by atoms with Crippen LogP contribution in [0.2, 0.25) is 0 Å². The predicted molar refractivity (Wildman–Crippen MR) is 116 cm³/mol. The van der Waals surface area contributed by atoms with E-state index in [-0.39, 0.29) is 5.91 Å². The smallest absolute Gasteiger partial charge is 0.258 e. The summed E-state index contributed by atoms with van der Waals surface area (Å²) < 4.78 is 5.91. The van der Waals surface area contributed by atoms with Gasteiger partial charge in [0.15, 0.2) is 0 Å². The second kappa shape index (κ2) is 8.00. The molecule has 1 aliphatic rings. The van der Waals surface area contributed by atoms with Crippen LogP contribution in [0, 0.1) is 0 Å². The summed E-state index contributed by atoms with van der Waals surface area (Å²) >= 11 is 0. The summed E-state index contributed by atoms with van der Waals surface area (Å²) in [7, 11) is 0. The third-order valence-corrected chi connectivity index (χ3v) is 5.50. The van der Waals surface area contributed by atoms with E-state index >= 15 is 0 Å². The van der Waals surface area contributed by atoms with Gasteiger partial charge in [-0.1, -0.05) is 60.7 Å². The fourth-order valence-corrected chi connectivity index (χ4v) is 4.03. The van der Waals surface area contributed by atoms with Gasteiger partial charge < -0.3 is 15.0 Å². The van der Waals surface area contributed by atoms with Crippen molar-refractivity contribution in [2.75, 3.05) is 18.5 Å². The lowest BCUT2D eigenvalue weighted by Gasteiger charge is -2.47. The Kier molecular flexibility index (Phi) is 5.26. The Hall–Kier alpha value is -3.27. The number of ether oxygens (including phenoxy) is 1. The fraction of sp³-hybridized carbons (Fsp3) is 0.240. The molecule has 4 rings (SSSR count). The van der Waals surface area contributed by atoms with E-state index in [2.05, 4.69) is 24.4 Å². The summed E-state index contributed by atoms with van der Waals surface area (Å²) in [4.78, 5) is 15.5. The van der Waals surface area contributed by atoms with Crippen LogP contribution in [0.1, 0.15) is 35.3 Å². The van der Waals surface area contributed by atoms with Gasteiger partial charge in [-0.05, 0) is 44.0 Å². The van der Waals surface area contributed by atoms with Crippen LogP contribution in [0.25, 0.3) is 0 Å². The van der Waals surface area contributed by atoms with Gasteiger partial charge in [0.25, 0.3) is 5.91 Å². The minimum absolute atomic E-state index is 0.0316. The van der Waals surface area contributed by atoms with Crippen LogP contribution in [0.3, 0.4) is 0 Å². The number of nitrogens with zero attached hydrogens (tertiary/aromatic N) is 1. The second-order valence-corrected chi connectivity index (χ2v) is 7.36. The number of rotatable bonds is 6. The molecule has 3 aromatic carbocycles. The van der Waals surface area contributed by atoms with Gasteiger partial charge >= 0.3 is 0 Å². The van der Waals surface area contributed by atoms with Gasteiger partial charge in [0.1, 0.15) is 11.4 Å². The van der Waals surface area contributed by atoms with E-state index in [0.717, 1.165) is 23.4 Å². The highest BCUT2D eigenvalue weighted by Crippen LogP contribution is 2.41. The standard InChI is InChI=1S/C25H26N2O2/c1-3-29-23-16-10-8-14-21(23)25(2)26-22-15-9-7-13-20(22)24(28)27(25)18-17-19-11-5-4-6-12-19/h4-16,26H,3,17-18H2,1-2H3. The molecule has 0 bridgehead atoms. The Morgan fingerprint density at radius 3 is 2.41 bits per heavy atom. The van der Waals surface area contributed by atoms with E-state index in [4.69, 9.17) is 4.74 Å². The van der Waals surface area contributed by atoms with Crippen molar-refractivity contribution < 1.29 is 9.53 Å². The first-order chi connectivity index (χ1) is 14.1. The van der Waals surface area contributed by atoms with Gasteiger partial charge in [0.2, 0.25) is 0 Å². The van der Waals surface area contributed by atoms with Gasteiger partial charge in [0, 0.05) is 17.8 Å². The third-order valence-electron chi connectivity index (χ3n) is 5.50. The Bertz CT molecular complexity index is 1000. The van der Waals surface area contributed by atoms with Gasteiger partial charge in [-0.2, -0.15) is 0 Å². The predicted octanol–water partition coefficient (Wildman–Crippen LogP) is 5.07. The molecule has 0 saturated heterocycles. The van der Waals surface area contributed by atoms with Crippen LogP contribution < -0.4 is 10.1 Å². The highest BCUT2D eigenvalue weighted by atomic mass is 16.5.